The molecule has 0 saturated carbocycles. The Morgan fingerprint density at radius 2 is 1.70 bits per heavy atom. The molecule has 1 aliphatic heterocycles. The Kier molecular flexibility index (Phi) is 6.37. The summed E-state index contributed by atoms with van der Waals surface area (Å²) in [5, 5.41) is 3.92. The summed E-state index contributed by atoms with van der Waals surface area (Å²) in [5.41, 5.74) is 1.19. The maximum atomic E-state index is 12.6. The van der Waals surface area contributed by atoms with Gasteiger partial charge in [0.25, 0.3) is 5.91 Å². The lowest BCUT2D eigenvalue weighted by atomic mass is 10.1. The second-order valence-corrected chi connectivity index (χ2v) is 7.33. The number of carbonyl (C=O) groups excluding carboxylic acids is 2. The highest BCUT2D eigenvalue weighted by atomic mass is 35.5. The molecule has 0 radical (unpaired) electrons. The first-order valence-corrected chi connectivity index (χ1v) is 9.55. The largest absolute Gasteiger partial charge is 0.336 e. The van der Waals surface area contributed by atoms with Gasteiger partial charge in [-0.05, 0) is 37.3 Å². The summed E-state index contributed by atoms with van der Waals surface area (Å²) in [6.07, 6.45) is 0. The Hall–Kier alpha value is -2.08. The van der Waals surface area contributed by atoms with Gasteiger partial charge in [-0.2, -0.15) is 0 Å². The van der Waals surface area contributed by atoms with E-state index in [1.807, 2.05) is 6.92 Å². The number of carbonyl (C=O) groups is 2. The summed E-state index contributed by atoms with van der Waals surface area (Å²) in [7, 11) is 0. The van der Waals surface area contributed by atoms with Gasteiger partial charge >= 0.3 is 0 Å². The van der Waals surface area contributed by atoms with Crippen molar-refractivity contribution < 1.29 is 9.59 Å². The van der Waals surface area contributed by atoms with E-state index in [9.17, 15) is 9.59 Å². The van der Waals surface area contributed by atoms with Gasteiger partial charge in [0.15, 0.2) is 0 Å². The number of rotatable bonds is 4. The van der Waals surface area contributed by atoms with Crippen molar-refractivity contribution >= 4 is 40.7 Å². The number of anilines is 1. The first kappa shape index (κ1) is 19.7. The van der Waals surface area contributed by atoms with Crippen LogP contribution < -0.4 is 5.32 Å². The van der Waals surface area contributed by atoms with E-state index in [1.165, 1.54) is 0 Å². The van der Waals surface area contributed by atoms with Crippen molar-refractivity contribution in [2.45, 2.75) is 13.0 Å². The Balaban J connectivity index is 1.56. The fourth-order valence-corrected chi connectivity index (χ4v) is 3.50. The highest BCUT2D eigenvalue weighted by molar-refractivity contribution is 6.33. The SMILES string of the molecule is CC(C(=O)Nc1cccc(Cl)c1)N1CCN(C(=O)c2ccccc2Cl)CC1. The third-order valence-electron chi connectivity index (χ3n) is 4.73. The van der Waals surface area contributed by atoms with Crippen LogP contribution in [0.3, 0.4) is 0 Å². The average Bonchev–Trinajstić information content (AvgIpc) is 2.67. The van der Waals surface area contributed by atoms with Crippen molar-refractivity contribution in [3.63, 3.8) is 0 Å². The van der Waals surface area contributed by atoms with Gasteiger partial charge in [0.1, 0.15) is 0 Å². The zero-order valence-electron chi connectivity index (χ0n) is 15.0. The molecular weight excluding hydrogens is 385 g/mol. The van der Waals surface area contributed by atoms with Gasteiger partial charge in [-0.3, -0.25) is 14.5 Å². The summed E-state index contributed by atoms with van der Waals surface area (Å²) in [5.74, 6) is -0.167. The minimum Gasteiger partial charge on any atom is -0.336 e. The molecule has 1 fully saturated rings. The van der Waals surface area contributed by atoms with Gasteiger partial charge < -0.3 is 10.2 Å². The fourth-order valence-electron chi connectivity index (χ4n) is 3.10. The Morgan fingerprint density at radius 3 is 2.37 bits per heavy atom. The zero-order valence-corrected chi connectivity index (χ0v) is 16.5. The van der Waals surface area contributed by atoms with Crippen molar-refractivity contribution in [3.8, 4) is 0 Å². The second-order valence-electron chi connectivity index (χ2n) is 6.48. The smallest absolute Gasteiger partial charge is 0.255 e. The first-order chi connectivity index (χ1) is 13.0. The quantitative estimate of drug-likeness (QED) is 0.841. The molecule has 1 saturated heterocycles. The second kappa shape index (κ2) is 8.74. The number of piperazine rings is 1. The van der Waals surface area contributed by atoms with Gasteiger partial charge in [0, 0.05) is 36.9 Å². The van der Waals surface area contributed by atoms with Crippen LogP contribution in [0, 0.1) is 0 Å². The van der Waals surface area contributed by atoms with E-state index in [0.717, 1.165) is 0 Å². The highest BCUT2D eigenvalue weighted by Gasteiger charge is 2.28. The van der Waals surface area contributed by atoms with Crippen LogP contribution in [0.2, 0.25) is 10.0 Å². The summed E-state index contributed by atoms with van der Waals surface area (Å²) in [4.78, 5) is 29.0. The molecule has 1 unspecified atom stereocenters. The van der Waals surface area contributed by atoms with Crippen molar-refractivity contribution in [1.82, 2.24) is 9.80 Å². The Bertz CT molecular complexity index is 835. The third-order valence-corrected chi connectivity index (χ3v) is 5.29. The molecule has 2 amide bonds. The van der Waals surface area contributed by atoms with Crippen LogP contribution in [-0.4, -0.2) is 53.8 Å². The molecule has 0 bridgehead atoms. The molecule has 3 rings (SSSR count). The molecule has 2 aromatic rings. The highest BCUT2D eigenvalue weighted by Crippen LogP contribution is 2.19. The molecule has 142 valence electrons. The van der Waals surface area contributed by atoms with E-state index in [2.05, 4.69) is 10.2 Å². The van der Waals surface area contributed by atoms with E-state index >= 15 is 0 Å². The number of benzene rings is 2. The molecule has 27 heavy (non-hydrogen) atoms. The number of nitrogens with zero attached hydrogens (tertiary/aromatic N) is 2. The van der Waals surface area contributed by atoms with Crippen LogP contribution in [0.15, 0.2) is 48.5 Å². The number of halogens is 2. The van der Waals surface area contributed by atoms with Crippen molar-refractivity contribution in [1.29, 1.82) is 0 Å². The lowest BCUT2D eigenvalue weighted by Crippen LogP contribution is -2.54. The van der Waals surface area contributed by atoms with Crippen molar-refractivity contribution in [2.24, 2.45) is 0 Å². The monoisotopic (exact) mass is 405 g/mol. The first-order valence-electron chi connectivity index (χ1n) is 8.80. The third kappa shape index (κ3) is 4.80. The number of hydrogen-bond acceptors (Lipinski definition) is 3. The number of nitrogens with one attached hydrogen (secondary N) is 1. The van der Waals surface area contributed by atoms with Gasteiger partial charge in [-0.1, -0.05) is 41.4 Å². The van der Waals surface area contributed by atoms with Crippen LogP contribution >= 0.6 is 23.2 Å². The molecule has 0 aromatic heterocycles. The van der Waals surface area contributed by atoms with E-state index in [1.54, 1.807) is 53.4 Å². The zero-order chi connectivity index (χ0) is 19.4. The number of hydrogen-bond donors (Lipinski definition) is 1. The summed E-state index contributed by atoms with van der Waals surface area (Å²) < 4.78 is 0. The summed E-state index contributed by atoms with van der Waals surface area (Å²) in [6, 6.07) is 13.8. The molecule has 2 aromatic carbocycles. The van der Waals surface area contributed by atoms with Gasteiger partial charge in [-0.25, -0.2) is 0 Å². The minimum absolute atomic E-state index is 0.0729. The number of amides is 2. The lowest BCUT2D eigenvalue weighted by molar-refractivity contribution is -0.121. The van der Waals surface area contributed by atoms with Crippen LogP contribution in [0.5, 0.6) is 0 Å². The van der Waals surface area contributed by atoms with Crippen molar-refractivity contribution in [3.05, 3.63) is 64.1 Å². The molecule has 1 atom stereocenters. The normalized spacial score (nSPS) is 16.0. The Morgan fingerprint density at radius 1 is 1.00 bits per heavy atom. The van der Waals surface area contributed by atoms with Crippen molar-refractivity contribution in [2.75, 3.05) is 31.5 Å². The molecule has 1 heterocycles. The molecule has 0 aliphatic carbocycles. The molecule has 7 heteroatoms. The van der Waals surface area contributed by atoms with E-state index in [0.29, 0.717) is 47.5 Å². The molecule has 0 spiro atoms. The average molecular weight is 406 g/mol. The van der Waals surface area contributed by atoms with Crippen LogP contribution in [0.25, 0.3) is 0 Å². The molecule has 1 N–H and O–H groups in total. The molecule has 1 aliphatic rings. The van der Waals surface area contributed by atoms with E-state index < -0.39 is 0 Å². The van der Waals surface area contributed by atoms with Crippen LogP contribution in [0.1, 0.15) is 17.3 Å². The van der Waals surface area contributed by atoms with E-state index in [-0.39, 0.29) is 17.9 Å². The summed E-state index contributed by atoms with van der Waals surface area (Å²) in [6.45, 7) is 4.23. The topological polar surface area (TPSA) is 52.7 Å². The van der Waals surface area contributed by atoms with Gasteiger partial charge in [0.05, 0.1) is 16.6 Å². The van der Waals surface area contributed by atoms with Gasteiger partial charge in [-0.15, -0.1) is 0 Å². The van der Waals surface area contributed by atoms with Crippen LogP contribution in [-0.2, 0) is 4.79 Å². The maximum Gasteiger partial charge on any atom is 0.255 e. The van der Waals surface area contributed by atoms with E-state index in [4.69, 9.17) is 23.2 Å². The predicted octanol–water partition coefficient (Wildman–Crippen LogP) is 3.78. The van der Waals surface area contributed by atoms with Gasteiger partial charge in [0.2, 0.25) is 5.91 Å². The molecule has 5 nitrogen and oxygen atoms in total. The fraction of sp³-hybridized carbons (Fsp3) is 0.300. The standard InChI is InChI=1S/C20H21Cl2N3O2/c1-14(19(26)23-16-6-4-5-15(21)13-16)24-9-11-25(12-10-24)20(27)17-7-2-3-8-18(17)22/h2-8,13-14H,9-12H2,1H3,(H,23,26). The minimum atomic E-state index is -0.304. The summed E-state index contributed by atoms with van der Waals surface area (Å²) >= 11 is 12.1. The lowest BCUT2D eigenvalue weighted by Gasteiger charge is -2.37. The maximum absolute atomic E-state index is 12.6. The predicted molar refractivity (Wildman–Crippen MR) is 108 cm³/mol. The Labute approximate surface area is 168 Å². The van der Waals surface area contributed by atoms with Crippen LogP contribution in [0.4, 0.5) is 5.69 Å². The molecular formula is C20H21Cl2N3O2.